The van der Waals surface area contributed by atoms with Gasteiger partial charge in [-0.15, -0.1) is 0 Å². The summed E-state index contributed by atoms with van der Waals surface area (Å²) in [6, 6.07) is 9.19. The van der Waals surface area contributed by atoms with E-state index in [1.165, 1.54) is 0 Å². The molecule has 0 heterocycles. The Morgan fingerprint density at radius 2 is 1.63 bits per heavy atom. The number of benzene rings is 1. The number of ketones is 1. The fourth-order valence-corrected chi connectivity index (χ4v) is 3.15. The number of ether oxygens (including phenoxy) is 3. The quantitative estimate of drug-likeness (QED) is 0.326. The van der Waals surface area contributed by atoms with Gasteiger partial charge < -0.3 is 14.2 Å². The van der Waals surface area contributed by atoms with Crippen LogP contribution in [0.25, 0.3) is 0 Å². The second kappa shape index (κ2) is 10.4. The maximum Gasteiger partial charge on any atom is 0.311 e. The van der Waals surface area contributed by atoms with Crippen LogP contribution in [-0.2, 0) is 39.0 Å². The SMILES string of the molecule is CCC(C)(C)C(=O)OCCOC(=O)CCC(=O)OC1(c2ccccc2)CCC(=O)C1. The highest BCUT2D eigenvalue weighted by atomic mass is 16.6. The van der Waals surface area contributed by atoms with Crippen LogP contribution < -0.4 is 0 Å². The van der Waals surface area contributed by atoms with Crippen LogP contribution in [0.3, 0.4) is 0 Å². The van der Waals surface area contributed by atoms with E-state index in [4.69, 9.17) is 14.2 Å². The first-order chi connectivity index (χ1) is 14.2. The number of esters is 3. The third-order valence-corrected chi connectivity index (χ3v) is 5.45. The average Bonchev–Trinajstić information content (AvgIpc) is 3.11. The van der Waals surface area contributed by atoms with Crippen molar-refractivity contribution in [1.82, 2.24) is 0 Å². The maximum atomic E-state index is 12.3. The standard InChI is InChI=1S/C23H30O7/c1-4-22(2,3)21(27)29-15-14-28-19(25)10-11-20(26)30-23(13-12-18(24)16-23)17-8-6-5-7-9-17/h5-9H,4,10-16H2,1-3H3. The number of rotatable bonds is 10. The van der Waals surface area contributed by atoms with E-state index in [-0.39, 0.29) is 44.2 Å². The number of hydrogen-bond acceptors (Lipinski definition) is 7. The zero-order chi connectivity index (χ0) is 22.2. The lowest BCUT2D eigenvalue weighted by Gasteiger charge is -2.29. The van der Waals surface area contributed by atoms with Gasteiger partial charge in [-0.3, -0.25) is 19.2 Å². The highest BCUT2D eigenvalue weighted by molar-refractivity contribution is 5.84. The fraction of sp³-hybridized carbons (Fsp3) is 0.565. The Morgan fingerprint density at radius 3 is 2.23 bits per heavy atom. The molecule has 1 aromatic carbocycles. The fourth-order valence-electron chi connectivity index (χ4n) is 3.15. The summed E-state index contributed by atoms with van der Waals surface area (Å²) in [5.41, 5.74) is -0.757. The molecule has 1 saturated carbocycles. The van der Waals surface area contributed by atoms with Crippen LogP contribution in [0.4, 0.5) is 0 Å². The second-order valence-corrected chi connectivity index (χ2v) is 8.14. The zero-order valence-corrected chi connectivity index (χ0v) is 17.9. The molecule has 0 radical (unpaired) electrons. The van der Waals surface area contributed by atoms with Gasteiger partial charge >= 0.3 is 17.9 Å². The van der Waals surface area contributed by atoms with E-state index in [0.29, 0.717) is 19.3 Å². The van der Waals surface area contributed by atoms with E-state index >= 15 is 0 Å². The first-order valence-electron chi connectivity index (χ1n) is 10.3. The predicted molar refractivity (Wildman–Crippen MR) is 108 cm³/mol. The predicted octanol–water partition coefficient (Wildman–Crippen LogP) is 3.48. The van der Waals surface area contributed by atoms with Crippen LogP contribution in [0.2, 0.25) is 0 Å². The van der Waals surface area contributed by atoms with E-state index in [9.17, 15) is 19.2 Å². The lowest BCUT2D eigenvalue weighted by molar-refractivity contribution is -0.164. The van der Waals surface area contributed by atoms with Crippen molar-refractivity contribution >= 4 is 23.7 Å². The summed E-state index contributed by atoms with van der Waals surface area (Å²) in [5, 5.41) is 0. The molecule has 0 spiro atoms. The Kier molecular flexibility index (Phi) is 8.15. The third-order valence-electron chi connectivity index (χ3n) is 5.45. The topological polar surface area (TPSA) is 96.0 Å². The summed E-state index contributed by atoms with van der Waals surface area (Å²) in [6.45, 7) is 5.36. The molecule has 0 amide bonds. The van der Waals surface area contributed by atoms with Gasteiger partial charge in [-0.2, -0.15) is 0 Å². The van der Waals surface area contributed by atoms with Crippen molar-refractivity contribution in [2.24, 2.45) is 5.41 Å². The van der Waals surface area contributed by atoms with Crippen molar-refractivity contribution < 1.29 is 33.4 Å². The Labute approximate surface area is 177 Å². The van der Waals surface area contributed by atoms with Gasteiger partial charge in [0.2, 0.25) is 0 Å². The maximum absolute atomic E-state index is 12.3. The van der Waals surface area contributed by atoms with Gasteiger partial charge in [0.25, 0.3) is 0 Å². The molecule has 0 aromatic heterocycles. The van der Waals surface area contributed by atoms with Gasteiger partial charge in [0.1, 0.15) is 24.6 Å². The van der Waals surface area contributed by atoms with Crippen LogP contribution in [-0.4, -0.2) is 36.9 Å². The first kappa shape index (κ1) is 23.6. The largest absolute Gasteiger partial charge is 0.462 e. The monoisotopic (exact) mass is 418 g/mol. The van der Waals surface area contributed by atoms with Crippen LogP contribution in [0, 0.1) is 5.41 Å². The van der Waals surface area contributed by atoms with Crippen molar-refractivity contribution in [2.45, 2.75) is 64.9 Å². The minimum absolute atomic E-state index is 0.0301. The Balaban J connectivity index is 1.76. The summed E-state index contributed by atoms with van der Waals surface area (Å²) in [5.74, 6) is -1.43. The van der Waals surface area contributed by atoms with E-state index in [0.717, 1.165) is 5.56 Å². The van der Waals surface area contributed by atoms with Crippen molar-refractivity contribution in [3.63, 3.8) is 0 Å². The molecule has 2 rings (SSSR count). The van der Waals surface area contributed by atoms with E-state index in [2.05, 4.69) is 0 Å². The summed E-state index contributed by atoms with van der Waals surface area (Å²) in [4.78, 5) is 47.9. The number of carbonyl (C=O) groups is 4. The van der Waals surface area contributed by atoms with Crippen molar-refractivity contribution in [3.05, 3.63) is 35.9 Å². The zero-order valence-electron chi connectivity index (χ0n) is 17.9. The molecule has 1 atom stereocenters. The average molecular weight is 418 g/mol. The number of hydrogen-bond donors (Lipinski definition) is 0. The molecular formula is C23H30O7. The van der Waals surface area contributed by atoms with E-state index in [1.807, 2.05) is 37.3 Å². The molecule has 0 N–H and O–H groups in total. The lowest BCUT2D eigenvalue weighted by Crippen LogP contribution is -2.30. The molecule has 7 nitrogen and oxygen atoms in total. The molecule has 1 aliphatic carbocycles. The third kappa shape index (κ3) is 6.40. The molecule has 30 heavy (non-hydrogen) atoms. The van der Waals surface area contributed by atoms with Gasteiger partial charge in [-0.05, 0) is 32.3 Å². The summed E-state index contributed by atoms with van der Waals surface area (Å²) < 4.78 is 15.8. The minimum atomic E-state index is -0.959. The highest BCUT2D eigenvalue weighted by Gasteiger charge is 2.43. The number of carbonyl (C=O) groups excluding carboxylic acids is 4. The van der Waals surface area contributed by atoms with E-state index in [1.54, 1.807) is 13.8 Å². The highest BCUT2D eigenvalue weighted by Crippen LogP contribution is 2.40. The number of Topliss-reactive ketones (excluding diaryl/α,β-unsaturated/α-hetero) is 1. The molecular weight excluding hydrogens is 388 g/mol. The molecule has 0 aliphatic heterocycles. The normalized spacial score (nSPS) is 18.7. The Morgan fingerprint density at radius 1 is 1.00 bits per heavy atom. The molecule has 1 unspecified atom stereocenters. The molecule has 7 heteroatoms. The smallest absolute Gasteiger partial charge is 0.311 e. The van der Waals surface area contributed by atoms with Gasteiger partial charge in [-0.1, -0.05) is 37.3 Å². The summed E-state index contributed by atoms with van der Waals surface area (Å²) >= 11 is 0. The van der Waals surface area contributed by atoms with Crippen LogP contribution in [0.1, 0.15) is 64.9 Å². The second-order valence-electron chi connectivity index (χ2n) is 8.14. The minimum Gasteiger partial charge on any atom is -0.462 e. The molecule has 1 aliphatic rings. The van der Waals surface area contributed by atoms with Gasteiger partial charge in [0, 0.05) is 6.42 Å². The Hall–Kier alpha value is -2.70. The van der Waals surface area contributed by atoms with Crippen LogP contribution in [0.5, 0.6) is 0 Å². The first-order valence-corrected chi connectivity index (χ1v) is 10.3. The summed E-state index contributed by atoms with van der Waals surface area (Å²) in [6.07, 6.45) is 1.29. The molecule has 164 valence electrons. The molecule has 1 aromatic rings. The van der Waals surface area contributed by atoms with Crippen molar-refractivity contribution in [1.29, 1.82) is 0 Å². The lowest BCUT2D eigenvalue weighted by atomic mass is 9.91. The Bertz CT molecular complexity index is 769. The molecule has 0 bridgehead atoms. The van der Waals surface area contributed by atoms with Crippen molar-refractivity contribution in [3.8, 4) is 0 Å². The van der Waals surface area contributed by atoms with E-state index < -0.39 is 23.0 Å². The summed E-state index contributed by atoms with van der Waals surface area (Å²) in [7, 11) is 0. The van der Waals surface area contributed by atoms with Gasteiger partial charge in [0.15, 0.2) is 0 Å². The van der Waals surface area contributed by atoms with Crippen molar-refractivity contribution in [2.75, 3.05) is 13.2 Å². The van der Waals surface area contributed by atoms with Crippen LogP contribution >= 0.6 is 0 Å². The molecule has 0 saturated heterocycles. The molecule has 1 fully saturated rings. The van der Waals surface area contributed by atoms with Crippen LogP contribution in [0.15, 0.2) is 30.3 Å². The van der Waals surface area contributed by atoms with Gasteiger partial charge in [-0.25, -0.2) is 0 Å². The van der Waals surface area contributed by atoms with Gasteiger partial charge in [0.05, 0.1) is 24.7 Å².